The quantitative estimate of drug-likeness (QED) is 0.641. The Labute approximate surface area is 139 Å². The molecule has 0 aliphatic rings. The van der Waals surface area contributed by atoms with Crippen LogP contribution in [0, 0.1) is 0 Å². The Balaban J connectivity index is 2.23. The van der Waals surface area contributed by atoms with Crippen molar-refractivity contribution in [2.45, 2.75) is 0 Å². The molecule has 2 aromatic rings. The molecule has 0 aliphatic carbocycles. The van der Waals surface area contributed by atoms with Crippen LogP contribution in [0.25, 0.3) is 0 Å². The average molecular weight is 339 g/mol. The van der Waals surface area contributed by atoms with E-state index in [1.807, 2.05) is 19.0 Å². The van der Waals surface area contributed by atoms with Crippen LogP contribution in [0.4, 0.5) is 23.1 Å². The highest BCUT2D eigenvalue weighted by Gasteiger charge is 2.06. The minimum Gasteiger partial charge on any atom is -0.371 e. The minimum atomic E-state index is 0.437. The molecular formula is C14H16Cl2N6. The van der Waals surface area contributed by atoms with Crippen LogP contribution >= 0.6 is 23.2 Å². The van der Waals surface area contributed by atoms with Crippen LogP contribution in [-0.2, 0) is 0 Å². The van der Waals surface area contributed by atoms with Crippen molar-refractivity contribution in [1.82, 2.24) is 14.9 Å². The normalized spacial score (nSPS) is 10.8. The summed E-state index contributed by atoms with van der Waals surface area (Å²) in [4.78, 5) is 14.7. The first-order valence-corrected chi connectivity index (χ1v) is 7.22. The van der Waals surface area contributed by atoms with Gasteiger partial charge in [0.1, 0.15) is 5.69 Å². The van der Waals surface area contributed by atoms with Gasteiger partial charge in [-0.15, -0.1) is 0 Å². The standard InChI is InChI=1S/C14H16Cl2N6/c1-17-13-12(19-8-22(2)3)7-18-14(21-13)20-9-4-5-10(15)11(16)6-9/h4-8H,1-3H3,(H2,17,18,20,21). The van der Waals surface area contributed by atoms with Crippen LogP contribution in [0.5, 0.6) is 0 Å². The molecule has 0 radical (unpaired) electrons. The third kappa shape index (κ3) is 4.22. The maximum Gasteiger partial charge on any atom is 0.229 e. The Hall–Kier alpha value is -2.05. The number of rotatable bonds is 5. The maximum absolute atomic E-state index is 5.99. The van der Waals surface area contributed by atoms with Gasteiger partial charge < -0.3 is 15.5 Å². The lowest BCUT2D eigenvalue weighted by molar-refractivity contribution is 0.643. The summed E-state index contributed by atoms with van der Waals surface area (Å²) in [5.41, 5.74) is 1.40. The van der Waals surface area contributed by atoms with E-state index in [9.17, 15) is 0 Å². The number of nitrogens with one attached hydrogen (secondary N) is 2. The Morgan fingerprint density at radius 2 is 2.00 bits per heavy atom. The summed E-state index contributed by atoms with van der Waals surface area (Å²) in [5.74, 6) is 1.06. The summed E-state index contributed by atoms with van der Waals surface area (Å²) in [5, 5.41) is 7.03. The second-order valence-corrected chi connectivity index (χ2v) is 5.45. The van der Waals surface area contributed by atoms with Gasteiger partial charge in [-0.2, -0.15) is 4.98 Å². The first-order valence-electron chi connectivity index (χ1n) is 6.47. The van der Waals surface area contributed by atoms with E-state index in [4.69, 9.17) is 23.2 Å². The lowest BCUT2D eigenvalue weighted by Gasteiger charge is -2.09. The molecule has 0 atom stereocenters. The van der Waals surface area contributed by atoms with Gasteiger partial charge in [0.25, 0.3) is 0 Å². The Morgan fingerprint density at radius 1 is 1.23 bits per heavy atom. The van der Waals surface area contributed by atoms with Crippen LogP contribution in [0.3, 0.4) is 0 Å². The molecule has 0 bridgehead atoms. The highest BCUT2D eigenvalue weighted by atomic mass is 35.5. The zero-order valence-corrected chi connectivity index (χ0v) is 13.9. The largest absolute Gasteiger partial charge is 0.371 e. The molecule has 0 fully saturated rings. The number of aromatic nitrogens is 2. The van der Waals surface area contributed by atoms with Gasteiger partial charge >= 0.3 is 0 Å². The summed E-state index contributed by atoms with van der Waals surface area (Å²) in [7, 11) is 5.56. The van der Waals surface area contributed by atoms with Gasteiger partial charge in [-0.3, -0.25) is 0 Å². The van der Waals surface area contributed by atoms with Crippen LogP contribution in [-0.4, -0.2) is 42.3 Å². The first-order chi connectivity index (χ1) is 10.5. The van der Waals surface area contributed by atoms with Crippen LogP contribution in [0.1, 0.15) is 0 Å². The van der Waals surface area contributed by atoms with Crippen molar-refractivity contribution in [3.63, 3.8) is 0 Å². The number of hydrogen-bond acceptors (Lipinski definition) is 5. The molecule has 0 saturated carbocycles. The number of nitrogens with zero attached hydrogens (tertiary/aromatic N) is 4. The van der Waals surface area contributed by atoms with Gasteiger partial charge in [0.2, 0.25) is 5.95 Å². The lowest BCUT2D eigenvalue weighted by atomic mass is 10.3. The molecule has 0 spiro atoms. The zero-order chi connectivity index (χ0) is 16.1. The van der Waals surface area contributed by atoms with E-state index >= 15 is 0 Å². The van der Waals surface area contributed by atoms with Gasteiger partial charge in [0, 0.05) is 26.8 Å². The van der Waals surface area contributed by atoms with Crippen LogP contribution in [0.15, 0.2) is 29.4 Å². The lowest BCUT2D eigenvalue weighted by Crippen LogP contribution is -2.07. The second-order valence-electron chi connectivity index (χ2n) is 4.64. The molecule has 1 aromatic heterocycles. The first kappa shape index (κ1) is 16.3. The van der Waals surface area contributed by atoms with Crippen molar-refractivity contribution >= 4 is 52.7 Å². The van der Waals surface area contributed by atoms with E-state index in [0.29, 0.717) is 27.5 Å². The third-order valence-corrected chi connectivity index (χ3v) is 3.35. The van der Waals surface area contributed by atoms with Gasteiger partial charge in [-0.05, 0) is 18.2 Å². The summed E-state index contributed by atoms with van der Waals surface area (Å²) in [6.07, 6.45) is 3.32. The van der Waals surface area contributed by atoms with E-state index in [0.717, 1.165) is 5.69 Å². The van der Waals surface area contributed by atoms with Crippen molar-refractivity contribution in [2.75, 3.05) is 31.8 Å². The predicted octanol–water partition coefficient (Wildman–Crippen LogP) is 3.79. The molecule has 22 heavy (non-hydrogen) atoms. The smallest absolute Gasteiger partial charge is 0.229 e. The van der Waals surface area contributed by atoms with Gasteiger partial charge in [0.05, 0.1) is 22.6 Å². The zero-order valence-electron chi connectivity index (χ0n) is 12.4. The number of hydrogen-bond donors (Lipinski definition) is 2. The Kier molecular flexibility index (Phi) is 5.41. The van der Waals surface area contributed by atoms with E-state index in [2.05, 4.69) is 25.6 Å². The molecule has 1 aromatic carbocycles. The SMILES string of the molecule is CNc1nc(Nc2ccc(Cl)c(Cl)c2)ncc1N=CN(C)C. The van der Waals surface area contributed by atoms with Crippen LogP contribution < -0.4 is 10.6 Å². The highest BCUT2D eigenvalue weighted by Crippen LogP contribution is 2.27. The fourth-order valence-electron chi connectivity index (χ4n) is 1.59. The molecule has 2 N–H and O–H groups in total. The van der Waals surface area contributed by atoms with Crippen molar-refractivity contribution < 1.29 is 0 Å². The molecule has 0 unspecified atom stereocenters. The number of benzene rings is 1. The number of halogens is 2. The summed E-state index contributed by atoms with van der Waals surface area (Å²) >= 11 is 11.9. The number of anilines is 3. The molecule has 116 valence electrons. The van der Waals surface area contributed by atoms with Crippen LogP contribution in [0.2, 0.25) is 10.0 Å². The average Bonchev–Trinajstić information content (AvgIpc) is 2.49. The van der Waals surface area contributed by atoms with Crippen molar-refractivity contribution in [3.05, 3.63) is 34.4 Å². The minimum absolute atomic E-state index is 0.437. The summed E-state index contributed by atoms with van der Waals surface area (Å²) in [6.45, 7) is 0. The molecule has 0 saturated heterocycles. The van der Waals surface area contributed by atoms with E-state index in [1.54, 1.807) is 37.8 Å². The molecule has 2 rings (SSSR count). The maximum atomic E-state index is 5.99. The molecule has 8 heteroatoms. The fourth-order valence-corrected chi connectivity index (χ4v) is 1.89. The molecular weight excluding hydrogens is 323 g/mol. The molecule has 0 amide bonds. The molecule has 0 aliphatic heterocycles. The Morgan fingerprint density at radius 3 is 2.64 bits per heavy atom. The summed E-state index contributed by atoms with van der Waals surface area (Å²) in [6, 6.07) is 5.22. The van der Waals surface area contributed by atoms with E-state index in [1.165, 1.54) is 0 Å². The fraction of sp³-hybridized carbons (Fsp3) is 0.214. The highest BCUT2D eigenvalue weighted by molar-refractivity contribution is 6.42. The molecule has 6 nitrogen and oxygen atoms in total. The van der Waals surface area contributed by atoms with E-state index < -0.39 is 0 Å². The summed E-state index contributed by atoms with van der Waals surface area (Å²) < 4.78 is 0. The monoisotopic (exact) mass is 338 g/mol. The van der Waals surface area contributed by atoms with E-state index in [-0.39, 0.29) is 0 Å². The topological polar surface area (TPSA) is 65.4 Å². The van der Waals surface area contributed by atoms with Gasteiger partial charge in [-0.25, -0.2) is 9.98 Å². The van der Waals surface area contributed by atoms with Crippen molar-refractivity contribution in [3.8, 4) is 0 Å². The Bertz CT molecular complexity index is 687. The van der Waals surface area contributed by atoms with Crippen molar-refractivity contribution in [2.24, 2.45) is 4.99 Å². The molecule has 1 heterocycles. The number of aliphatic imine (C=N–C) groups is 1. The van der Waals surface area contributed by atoms with Gasteiger partial charge in [-0.1, -0.05) is 23.2 Å². The van der Waals surface area contributed by atoms with Gasteiger partial charge in [0.15, 0.2) is 5.82 Å². The second kappa shape index (κ2) is 7.29. The third-order valence-electron chi connectivity index (χ3n) is 2.61. The predicted molar refractivity (Wildman–Crippen MR) is 93.2 cm³/mol. The van der Waals surface area contributed by atoms with Crippen molar-refractivity contribution in [1.29, 1.82) is 0 Å².